The minimum atomic E-state index is -4.65. The number of carbonyl (C=O) groups excluding carboxylic acids is 2. The van der Waals surface area contributed by atoms with E-state index in [1.54, 1.807) is 0 Å². The third kappa shape index (κ3) is 62.8. The highest BCUT2D eigenvalue weighted by Gasteiger charge is 2.22. The average molecular weight is 1130 g/mol. The number of likely N-dealkylation sites (N-methyl/N-ethyl adjacent to an activating group) is 1. The molecule has 0 bridgehead atoms. The molecule has 0 rings (SSSR count). The van der Waals surface area contributed by atoms with Gasteiger partial charge in [0.25, 0.3) is 7.82 Å². The third-order valence-corrected chi connectivity index (χ3v) is 13.5. The first-order chi connectivity index (χ1) is 39.0. The predicted molar refractivity (Wildman–Crippen MR) is 341 cm³/mol. The van der Waals surface area contributed by atoms with Crippen LogP contribution in [0.1, 0.15) is 219 Å². The van der Waals surface area contributed by atoms with E-state index < -0.39 is 32.5 Å². The zero-order valence-corrected chi connectivity index (χ0v) is 52.1. The molecule has 10 heteroatoms. The Bertz CT molecular complexity index is 1900. The topological polar surface area (TPSA) is 111 Å². The first kappa shape index (κ1) is 75.6. The molecular formula is C70H114NO8P. The summed E-state index contributed by atoms with van der Waals surface area (Å²) in [5.74, 6) is -0.868. The first-order valence-corrected chi connectivity index (χ1v) is 32.7. The lowest BCUT2D eigenvalue weighted by atomic mass is 10.1. The fraction of sp³-hybridized carbons (Fsp3) is 0.600. The van der Waals surface area contributed by atoms with Crippen molar-refractivity contribution >= 4 is 19.8 Å². The number of rotatable bonds is 55. The second-order valence-corrected chi connectivity index (χ2v) is 22.7. The number of hydrogen-bond donors (Lipinski definition) is 0. The van der Waals surface area contributed by atoms with Crippen molar-refractivity contribution in [2.24, 2.45) is 0 Å². The van der Waals surface area contributed by atoms with E-state index in [4.69, 9.17) is 18.5 Å². The van der Waals surface area contributed by atoms with E-state index in [1.807, 2.05) is 21.1 Å². The highest BCUT2D eigenvalue weighted by Crippen LogP contribution is 2.38. The molecule has 0 aliphatic heterocycles. The first-order valence-electron chi connectivity index (χ1n) is 31.2. The Morgan fingerprint density at radius 3 is 1.00 bits per heavy atom. The van der Waals surface area contributed by atoms with Crippen LogP contribution in [0.4, 0.5) is 0 Å². The van der Waals surface area contributed by atoms with Crippen LogP contribution in [0.3, 0.4) is 0 Å². The smallest absolute Gasteiger partial charge is 0.306 e. The molecule has 0 amide bonds. The van der Waals surface area contributed by atoms with Crippen molar-refractivity contribution in [1.29, 1.82) is 0 Å². The van der Waals surface area contributed by atoms with Crippen LogP contribution >= 0.6 is 7.82 Å². The number of allylic oxidation sites excluding steroid dienone is 26. The SMILES string of the molecule is CC/C=C\C/C=C\C/C=C\C/C=C\C/C=C\C/C=C\C/C=C\C/C=C\C/C=C\CCCCCCCCCCCC(=O)OC(COC(=O)CCCCCCCC/C=C\C/C=C\C/C=C\C/C=C\CC)COP(=O)([O-])OCC[N+](C)(C)C. The number of quaternary nitrogens is 1. The molecule has 452 valence electrons. The van der Waals surface area contributed by atoms with Gasteiger partial charge in [-0.2, -0.15) is 0 Å². The van der Waals surface area contributed by atoms with Crippen molar-refractivity contribution in [3.8, 4) is 0 Å². The molecule has 2 unspecified atom stereocenters. The maximum Gasteiger partial charge on any atom is 0.306 e. The number of carbonyl (C=O) groups is 2. The Kier molecular flexibility index (Phi) is 56.0. The van der Waals surface area contributed by atoms with E-state index in [0.717, 1.165) is 148 Å². The molecule has 0 fully saturated rings. The highest BCUT2D eigenvalue weighted by molar-refractivity contribution is 7.45. The van der Waals surface area contributed by atoms with Gasteiger partial charge in [0, 0.05) is 12.8 Å². The van der Waals surface area contributed by atoms with E-state index in [9.17, 15) is 19.0 Å². The van der Waals surface area contributed by atoms with Gasteiger partial charge in [0.2, 0.25) is 0 Å². The van der Waals surface area contributed by atoms with Gasteiger partial charge in [0.1, 0.15) is 19.8 Å². The van der Waals surface area contributed by atoms with E-state index in [0.29, 0.717) is 23.9 Å². The summed E-state index contributed by atoms with van der Waals surface area (Å²) in [6.45, 7) is 3.97. The molecule has 0 aliphatic carbocycles. The van der Waals surface area contributed by atoms with Crippen molar-refractivity contribution in [1.82, 2.24) is 0 Å². The summed E-state index contributed by atoms with van der Waals surface area (Å²) in [5, 5.41) is 0. The second-order valence-electron chi connectivity index (χ2n) is 21.3. The third-order valence-electron chi connectivity index (χ3n) is 12.5. The van der Waals surface area contributed by atoms with E-state index in [-0.39, 0.29) is 26.1 Å². The van der Waals surface area contributed by atoms with Crippen molar-refractivity contribution in [2.45, 2.75) is 225 Å². The molecule has 2 atom stereocenters. The number of esters is 2. The van der Waals surface area contributed by atoms with Crippen LogP contribution in [0.15, 0.2) is 158 Å². The van der Waals surface area contributed by atoms with E-state index >= 15 is 0 Å². The van der Waals surface area contributed by atoms with Crippen LogP contribution < -0.4 is 4.89 Å². The molecule has 0 aromatic rings. The van der Waals surface area contributed by atoms with Gasteiger partial charge in [-0.25, -0.2) is 0 Å². The van der Waals surface area contributed by atoms with Crippen molar-refractivity contribution in [2.75, 3.05) is 47.5 Å². The van der Waals surface area contributed by atoms with Gasteiger partial charge in [-0.05, 0) is 122 Å². The van der Waals surface area contributed by atoms with Gasteiger partial charge in [0.15, 0.2) is 6.10 Å². The number of phosphoric acid groups is 1. The zero-order valence-electron chi connectivity index (χ0n) is 51.2. The summed E-state index contributed by atoms with van der Waals surface area (Å²) >= 11 is 0. The summed E-state index contributed by atoms with van der Waals surface area (Å²) in [6, 6.07) is 0. The Hall–Kier alpha value is -4.37. The molecule has 0 spiro atoms. The molecule has 0 saturated carbocycles. The predicted octanol–water partition coefficient (Wildman–Crippen LogP) is 19.4. The summed E-state index contributed by atoms with van der Waals surface area (Å²) < 4.78 is 34.2. The lowest BCUT2D eigenvalue weighted by Crippen LogP contribution is -2.37. The molecular weight excluding hydrogens is 1010 g/mol. The maximum atomic E-state index is 12.8. The van der Waals surface area contributed by atoms with Crippen LogP contribution in [0.25, 0.3) is 0 Å². The van der Waals surface area contributed by atoms with E-state index in [1.165, 1.54) is 32.1 Å². The molecule has 0 aromatic carbocycles. The van der Waals surface area contributed by atoms with Gasteiger partial charge < -0.3 is 27.9 Å². The Labute approximate surface area is 490 Å². The van der Waals surface area contributed by atoms with E-state index in [2.05, 4.69) is 172 Å². The van der Waals surface area contributed by atoms with Crippen molar-refractivity contribution in [3.05, 3.63) is 158 Å². The Morgan fingerprint density at radius 2 is 0.675 bits per heavy atom. The molecule has 0 radical (unpaired) electrons. The number of ether oxygens (including phenoxy) is 2. The molecule has 80 heavy (non-hydrogen) atoms. The Morgan fingerprint density at radius 1 is 0.388 bits per heavy atom. The number of hydrogen-bond acceptors (Lipinski definition) is 8. The fourth-order valence-electron chi connectivity index (χ4n) is 7.82. The van der Waals surface area contributed by atoms with Gasteiger partial charge in [-0.15, -0.1) is 0 Å². The van der Waals surface area contributed by atoms with Crippen molar-refractivity contribution in [3.63, 3.8) is 0 Å². The monoisotopic (exact) mass is 1130 g/mol. The number of unbranched alkanes of at least 4 members (excludes halogenated alkanes) is 15. The van der Waals surface area contributed by atoms with Crippen LogP contribution in [0, 0.1) is 0 Å². The van der Waals surface area contributed by atoms with Gasteiger partial charge in [-0.3, -0.25) is 14.2 Å². The molecule has 0 aromatic heterocycles. The largest absolute Gasteiger partial charge is 0.756 e. The minimum Gasteiger partial charge on any atom is -0.756 e. The van der Waals surface area contributed by atoms with Crippen LogP contribution in [-0.2, 0) is 32.7 Å². The number of nitrogens with zero attached hydrogens (tertiary/aromatic N) is 1. The zero-order chi connectivity index (χ0) is 58.4. The summed E-state index contributed by atoms with van der Waals surface area (Å²) in [6.07, 6.45) is 88.7. The summed E-state index contributed by atoms with van der Waals surface area (Å²) in [7, 11) is 1.13. The van der Waals surface area contributed by atoms with Crippen molar-refractivity contribution < 1.29 is 42.1 Å². The average Bonchev–Trinajstić information content (AvgIpc) is 3.42. The quantitative estimate of drug-likeness (QED) is 0.0195. The number of phosphoric ester groups is 1. The van der Waals surface area contributed by atoms with Crippen LogP contribution in [-0.4, -0.2) is 70.0 Å². The highest BCUT2D eigenvalue weighted by atomic mass is 31.2. The normalized spacial score (nSPS) is 14.3. The molecule has 0 heterocycles. The maximum absolute atomic E-state index is 12.8. The standard InChI is InChI=1S/C70H114NO8P/c1-6-8-10-12-14-16-18-20-22-24-26-27-28-29-30-31-32-33-34-35-36-37-38-39-40-41-42-43-45-47-49-51-53-55-57-59-61-63-70(73)79-68(67-78-80(74,75)77-65-64-71(3,4)5)66-76-69(72)62-60-58-56-54-52-50-48-46-44-25-23-21-19-17-15-13-11-9-7-2/h8-11,14-17,20-23,26-27,29-30,32-33,35-36,38-39,41-42,44,46,68H,6-7,12-13,18-19,24-25,28,31,34,37,40,43,45,47-67H2,1-5H3/b10-8-,11-9-,16-14-,17-15-,22-20-,23-21-,27-26-,30-29-,33-32-,36-35-,39-38-,42-41-,46-44-. The van der Waals surface area contributed by atoms with Crippen LogP contribution in [0.2, 0.25) is 0 Å². The fourth-order valence-corrected chi connectivity index (χ4v) is 8.54. The Balaban J connectivity index is 4.17. The second kappa shape index (κ2) is 59.3. The lowest BCUT2D eigenvalue weighted by Gasteiger charge is -2.28. The van der Waals surface area contributed by atoms with Gasteiger partial charge >= 0.3 is 11.9 Å². The van der Waals surface area contributed by atoms with Gasteiger partial charge in [-0.1, -0.05) is 242 Å². The molecule has 0 aliphatic rings. The molecule has 0 N–H and O–H groups in total. The van der Waals surface area contributed by atoms with Gasteiger partial charge in [0.05, 0.1) is 27.7 Å². The minimum absolute atomic E-state index is 0.0432. The van der Waals surface area contributed by atoms with Crippen LogP contribution in [0.5, 0.6) is 0 Å². The summed E-state index contributed by atoms with van der Waals surface area (Å²) in [4.78, 5) is 37.9. The molecule has 0 saturated heterocycles. The summed E-state index contributed by atoms with van der Waals surface area (Å²) in [5.41, 5.74) is 0. The molecule has 9 nitrogen and oxygen atoms in total. The lowest BCUT2D eigenvalue weighted by molar-refractivity contribution is -0.870.